The number of benzene rings is 1. The van der Waals surface area contributed by atoms with Crippen LogP contribution in [0.4, 0.5) is 0 Å². The van der Waals surface area contributed by atoms with Crippen molar-refractivity contribution in [2.45, 2.75) is 31.1 Å². The van der Waals surface area contributed by atoms with E-state index in [-0.39, 0.29) is 0 Å². The van der Waals surface area contributed by atoms with Gasteiger partial charge in [-0.3, -0.25) is 4.99 Å². The third-order valence-electron chi connectivity index (χ3n) is 4.66. The van der Waals surface area contributed by atoms with Crippen molar-refractivity contribution in [2.75, 3.05) is 20.1 Å². The van der Waals surface area contributed by atoms with E-state index in [4.69, 9.17) is 0 Å². The molecule has 0 amide bonds. The minimum atomic E-state index is 0.304. The Morgan fingerprint density at radius 2 is 1.96 bits per heavy atom. The first-order chi connectivity index (χ1) is 11.2. The van der Waals surface area contributed by atoms with Crippen molar-refractivity contribution in [3.8, 4) is 0 Å². The third-order valence-corrected chi connectivity index (χ3v) is 5.77. The zero-order chi connectivity index (χ0) is 16.1. The maximum atomic E-state index is 4.36. The third kappa shape index (κ3) is 3.94. The molecule has 122 valence electrons. The van der Waals surface area contributed by atoms with Crippen LogP contribution in [0.15, 0.2) is 52.8 Å². The number of hydrogen-bond acceptors (Lipinski definition) is 2. The second-order valence-electron chi connectivity index (χ2n) is 6.37. The molecule has 0 radical (unpaired) electrons. The molecule has 3 rings (SSSR count). The number of nitrogens with zero attached hydrogens (tertiary/aromatic N) is 1. The molecule has 23 heavy (non-hydrogen) atoms. The van der Waals surface area contributed by atoms with Crippen LogP contribution >= 0.6 is 11.3 Å². The van der Waals surface area contributed by atoms with Gasteiger partial charge in [0.05, 0.1) is 0 Å². The summed E-state index contributed by atoms with van der Waals surface area (Å²) in [4.78, 5) is 5.78. The number of guanidine groups is 1. The zero-order valence-corrected chi connectivity index (χ0v) is 14.7. The summed E-state index contributed by atoms with van der Waals surface area (Å²) in [7, 11) is 1.84. The highest BCUT2D eigenvalue weighted by Gasteiger charge is 2.43. The van der Waals surface area contributed by atoms with Crippen molar-refractivity contribution in [3.05, 3.63) is 58.3 Å². The summed E-state index contributed by atoms with van der Waals surface area (Å²) in [6, 6.07) is 15.1. The summed E-state index contributed by atoms with van der Waals surface area (Å²) in [5.74, 6) is 1.40. The van der Waals surface area contributed by atoms with Gasteiger partial charge in [-0.25, -0.2) is 0 Å². The van der Waals surface area contributed by atoms with Crippen LogP contribution in [-0.4, -0.2) is 26.1 Å². The van der Waals surface area contributed by atoms with E-state index >= 15 is 0 Å². The number of rotatable bonds is 6. The second-order valence-corrected chi connectivity index (χ2v) is 7.35. The Morgan fingerprint density at radius 1 is 1.17 bits per heavy atom. The average Bonchev–Trinajstić information content (AvgIpc) is 3.18. The van der Waals surface area contributed by atoms with Crippen molar-refractivity contribution >= 4 is 17.3 Å². The van der Waals surface area contributed by atoms with Crippen molar-refractivity contribution < 1.29 is 0 Å². The van der Waals surface area contributed by atoms with Crippen LogP contribution in [0.3, 0.4) is 0 Å². The van der Waals surface area contributed by atoms with Gasteiger partial charge in [-0.1, -0.05) is 43.3 Å². The van der Waals surface area contributed by atoms with Crippen molar-refractivity contribution in [3.63, 3.8) is 0 Å². The summed E-state index contributed by atoms with van der Waals surface area (Å²) in [6.45, 7) is 4.10. The molecule has 0 aliphatic heterocycles. The molecular formula is C19H25N3S. The summed E-state index contributed by atoms with van der Waals surface area (Å²) in [5.41, 5.74) is 1.74. The van der Waals surface area contributed by atoms with Gasteiger partial charge in [0.2, 0.25) is 0 Å². The van der Waals surface area contributed by atoms with Crippen LogP contribution in [0.25, 0.3) is 0 Å². The largest absolute Gasteiger partial charge is 0.356 e. The van der Waals surface area contributed by atoms with Crippen molar-refractivity contribution in [2.24, 2.45) is 4.99 Å². The standard InChI is InChI=1S/C19H25N3S/c1-15(17-9-6-12-23-17)13-21-18(20-2)22-14-19(10-11-19)16-7-4-3-5-8-16/h3-9,12,15H,10-11,13-14H2,1-2H3,(H2,20,21,22). The Kier molecular flexibility index (Phi) is 5.01. The molecule has 1 aromatic carbocycles. The molecule has 0 spiro atoms. The first kappa shape index (κ1) is 16.1. The lowest BCUT2D eigenvalue weighted by Gasteiger charge is -2.20. The van der Waals surface area contributed by atoms with Crippen LogP contribution < -0.4 is 10.6 Å². The number of nitrogens with one attached hydrogen (secondary N) is 2. The van der Waals surface area contributed by atoms with E-state index in [2.05, 4.69) is 70.4 Å². The van der Waals surface area contributed by atoms with Crippen LogP contribution in [0.2, 0.25) is 0 Å². The van der Waals surface area contributed by atoms with Crippen LogP contribution in [0.1, 0.15) is 36.1 Å². The molecule has 1 aromatic heterocycles. The molecule has 1 aliphatic rings. The Labute approximate surface area is 142 Å². The molecule has 1 unspecified atom stereocenters. The predicted octanol–water partition coefficient (Wildman–Crippen LogP) is 3.75. The molecule has 0 saturated heterocycles. The maximum absolute atomic E-state index is 4.36. The Hall–Kier alpha value is -1.81. The van der Waals surface area contributed by atoms with E-state index in [1.165, 1.54) is 23.3 Å². The normalized spacial score (nSPS) is 17.6. The minimum Gasteiger partial charge on any atom is -0.356 e. The quantitative estimate of drug-likeness (QED) is 0.626. The minimum absolute atomic E-state index is 0.304. The monoisotopic (exact) mass is 327 g/mol. The predicted molar refractivity (Wildman–Crippen MR) is 99.5 cm³/mol. The molecule has 1 atom stereocenters. The van der Waals surface area contributed by atoms with E-state index in [0.29, 0.717) is 11.3 Å². The summed E-state index contributed by atoms with van der Waals surface area (Å²) in [5, 5.41) is 9.10. The fourth-order valence-corrected chi connectivity index (χ4v) is 3.69. The Bertz CT molecular complexity index is 630. The molecule has 4 heteroatoms. The second kappa shape index (κ2) is 7.18. The first-order valence-electron chi connectivity index (χ1n) is 8.27. The fraction of sp³-hybridized carbons (Fsp3) is 0.421. The highest BCUT2D eigenvalue weighted by molar-refractivity contribution is 7.10. The zero-order valence-electron chi connectivity index (χ0n) is 13.9. The van der Waals surface area contributed by atoms with E-state index in [0.717, 1.165) is 19.0 Å². The number of aliphatic imine (C=N–C) groups is 1. The molecule has 1 aliphatic carbocycles. The van der Waals surface area contributed by atoms with E-state index in [9.17, 15) is 0 Å². The molecule has 2 N–H and O–H groups in total. The van der Waals surface area contributed by atoms with Gasteiger partial charge in [-0.05, 0) is 29.9 Å². The number of hydrogen-bond donors (Lipinski definition) is 2. The van der Waals surface area contributed by atoms with Gasteiger partial charge in [-0.15, -0.1) is 11.3 Å². The molecule has 3 nitrogen and oxygen atoms in total. The van der Waals surface area contributed by atoms with Gasteiger partial charge in [0, 0.05) is 36.3 Å². The molecular weight excluding hydrogens is 302 g/mol. The van der Waals surface area contributed by atoms with E-state index < -0.39 is 0 Å². The first-order valence-corrected chi connectivity index (χ1v) is 9.15. The van der Waals surface area contributed by atoms with Gasteiger partial charge in [0.1, 0.15) is 0 Å². The maximum Gasteiger partial charge on any atom is 0.191 e. The average molecular weight is 327 g/mol. The van der Waals surface area contributed by atoms with Crippen molar-refractivity contribution in [1.29, 1.82) is 0 Å². The van der Waals surface area contributed by atoms with Gasteiger partial charge in [-0.2, -0.15) is 0 Å². The molecule has 2 aromatic rings. The lowest BCUT2D eigenvalue weighted by molar-refractivity contribution is 0.637. The van der Waals surface area contributed by atoms with Gasteiger partial charge < -0.3 is 10.6 Å². The SMILES string of the molecule is CN=C(NCC(C)c1cccs1)NCC1(c2ccccc2)CC1. The van der Waals surface area contributed by atoms with Gasteiger partial charge in [0.15, 0.2) is 5.96 Å². The summed E-state index contributed by atoms with van der Waals surface area (Å²) in [6.07, 6.45) is 2.51. The van der Waals surface area contributed by atoms with Crippen LogP contribution in [-0.2, 0) is 5.41 Å². The van der Waals surface area contributed by atoms with Gasteiger partial charge >= 0.3 is 0 Å². The molecule has 1 heterocycles. The Morgan fingerprint density at radius 3 is 2.57 bits per heavy atom. The van der Waals surface area contributed by atoms with Crippen LogP contribution in [0.5, 0.6) is 0 Å². The highest BCUT2D eigenvalue weighted by atomic mass is 32.1. The fourth-order valence-electron chi connectivity index (χ4n) is 2.91. The molecule has 0 bridgehead atoms. The Balaban J connectivity index is 1.51. The smallest absolute Gasteiger partial charge is 0.191 e. The summed E-state index contributed by atoms with van der Waals surface area (Å²) >= 11 is 1.81. The van der Waals surface area contributed by atoms with E-state index in [1.54, 1.807) is 0 Å². The van der Waals surface area contributed by atoms with E-state index in [1.807, 2.05) is 18.4 Å². The lowest BCUT2D eigenvalue weighted by Crippen LogP contribution is -2.42. The van der Waals surface area contributed by atoms with Crippen molar-refractivity contribution in [1.82, 2.24) is 10.6 Å². The highest BCUT2D eigenvalue weighted by Crippen LogP contribution is 2.47. The lowest BCUT2D eigenvalue weighted by atomic mass is 9.96. The van der Waals surface area contributed by atoms with Gasteiger partial charge in [0.25, 0.3) is 0 Å². The summed E-state index contributed by atoms with van der Waals surface area (Å²) < 4.78 is 0. The van der Waals surface area contributed by atoms with Crippen LogP contribution in [0, 0.1) is 0 Å². The molecule has 1 saturated carbocycles. The topological polar surface area (TPSA) is 36.4 Å². The number of thiophene rings is 1. The molecule has 1 fully saturated rings.